The summed E-state index contributed by atoms with van der Waals surface area (Å²) in [6.45, 7) is 7.12. The molecule has 0 aromatic carbocycles. The summed E-state index contributed by atoms with van der Waals surface area (Å²) in [5.74, 6) is 1.02. The summed E-state index contributed by atoms with van der Waals surface area (Å²) in [7, 11) is 0. The van der Waals surface area contributed by atoms with Crippen LogP contribution in [0.2, 0.25) is 0 Å². The Kier molecular flexibility index (Phi) is 2.88. The molecule has 0 heterocycles. The van der Waals surface area contributed by atoms with Gasteiger partial charge in [-0.2, -0.15) is 0 Å². The highest BCUT2D eigenvalue weighted by molar-refractivity contribution is 4.97. The molecule has 0 bridgehead atoms. The molecule has 1 N–H and O–H groups in total. The van der Waals surface area contributed by atoms with Crippen LogP contribution in [0.5, 0.6) is 0 Å². The predicted molar refractivity (Wildman–Crippen MR) is 61.4 cm³/mol. The van der Waals surface area contributed by atoms with Crippen LogP contribution < -0.4 is 5.32 Å². The second kappa shape index (κ2) is 3.84. The van der Waals surface area contributed by atoms with Crippen molar-refractivity contribution in [3.05, 3.63) is 0 Å². The monoisotopic (exact) mass is 195 g/mol. The van der Waals surface area contributed by atoms with Gasteiger partial charge in [0, 0.05) is 12.1 Å². The quantitative estimate of drug-likeness (QED) is 0.725. The first-order valence-electron chi connectivity index (χ1n) is 6.37. The average molecular weight is 195 g/mol. The van der Waals surface area contributed by atoms with E-state index in [0.29, 0.717) is 5.41 Å². The summed E-state index contributed by atoms with van der Waals surface area (Å²) < 4.78 is 0. The van der Waals surface area contributed by atoms with Crippen LogP contribution in [0, 0.1) is 11.3 Å². The SMILES string of the molecule is CCCC1CC1NC1CCC(C)(C)C1. The zero-order chi connectivity index (χ0) is 10.2. The highest BCUT2D eigenvalue weighted by Gasteiger charge is 2.40. The summed E-state index contributed by atoms with van der Waals surface area (Å²) in [4.78, 5) is 0. The van der Waals surface area contributed by atoms with Gasteiger partial charge in [-0.15, -0.1) is 0 Å². The fraction of sp³-hybridized carbons (Fsp3) is 1.00. The minimum Gasteiger partial charge on any atom is -0.311 e. The lowest BCUT2D eigenvalue weighted by atomic mass is 9.92. The van der Waals surface area contributed by atoms with Gasteiger partial charge >= 0.3 is 0 Å². The number of nitrogens with one attached hydrogen (secondary N) is 1. The van der Waals surface area contributed by atoms with Crippen molar-refractivity contribution in [2.75, 3.05) is 0 Å². The van der Waals surface area contributed by atoms with E-state index in [1.165, 1.54) is 38.5 Å². The van der Waals surface area contributed by atoms with E-state index >= 15 is 0 Å². The first-order chi connectivity index (χ1) is 6.61. The Morgan fingerprint density at radius 2 is 2.14 bits per heavy atom. The van der Waals surface area contributed by atoms with Crippen molar-refractivity contribution in [3.63, 3.8) is 0 Å². The molecule has 0 aromatic heterocycles. The summed E-state index contributed by atoms with van der Waals surface area (Å²) >= 11 is 0. The second-order valence-corrected chi connectivity index (χ2v) is 6.16. The van der Waals surface area contributed by atoms with E-state index in [9.17, 15) is 0 Å². The zero-order valence-corrected chi connectivity index (χ0v) is 9.97. The topological polar surface area (TPSA) is 12.0 Å². The molecule has 2 saturated carbocycles. The van der Waals surface area contributed by atoms with Crippen LogP contribution in [-0.4, -0.2) is 12.1 Å². The Bertz CT molecular complexity index is 197. The highest BCUT2D eigenvalue weighted by atomic mass is 15.0. The molecule has 3 atom stereocenters. The van der Waals surface area contributed by atoms with Gasteiger partial charge in [-0.05, 0) is 43.4 Å². The van der Waals surface area contributed by atoms with Crippen molar-refractivity contribution in [2.45, 2.75) is 71.4 Å². The number of hydrogen-bond acceptors (Lipinski definition) is 1. The molecule has 0 saturated heterocycles. The van der Waals surface area contributed by atoms with E-state index in [1.807, 2.05) is 0 Å². The lowest BCUT2D eigenvalue weighted by molar-refractivity contribution is 0.362. The van der Waals surface area contributed by atoms with Crippen LogP contribution in [0.15, 0.2) is 0 Å². The Balaban J connectivity index is 1.68. The van der Waals surface area contributed by atoms with E-state index in [4.69, 9.17) is 0 Å². The molecule has 2 aliphatic rings. The lowest BCUT2D eigenvalue weighted by Crippen LogP contribution is -2.30. The van der Waals surface area contributed by atoms with Gasteiger partial charge in [0.25, 0.3) is 0 Å². The normalized spacial score (nSPS) is 40.1. The zero-order valence-electron chi connectivity index (χ0n) is 9.97. The van der Waals surface area contributed by atoms with Gasteiger partial charge in [0.2, 0.25) is 0 Å². The Morgan fingerprint density at radius 1 is 1.36 bits per heavy atom. The molecule has 0 aliphatic heterocycles. The standard InChI is InChI=1S/C13H25N/c1-4-5-10-8-12(10)14-11-6-7-13(2,3)9-11/h10-12,14H,4-9H2,1-3H3. The van der Waals surface area contributed by atoms with Crippen molar-refractivity contribution in [3.8, 4) is 0 Å². The molecule has 2 aliphatic carbocycles. The van der Waals surface area contributed by atoms with E-state index in [0.717, 1.165) is 18.0 Å². The summed E-state index contributed by atoms with van der Waals surface area (Å²) in [6, 6.07) is 1.71. The van der Waals surface area contributed by atoms with Gasteiger partial charge in [0.05, 0.1) is 0 Å². The third kappa shape index (κ3) is 2.50. The van der Waals surface area contributed by atoms with Crippen LogP contribution in [0.1, 0.15) is 59.3 Å². The molecule has 0 amide bonds. The molecule has 1 nitrogen and oxygen atoms in total. The molecule has 2 rings (SSSR count). The van der Waals surface area contributed by atoms with Crippen molar-refractivity contribution in [2.24, 2.45) is 11.3 Å². The van der Waals surface area contributed by atoms with Gasteiger partial charge in [-0.1, -0.05) is 27.2 Å². The van der Waals surface area contributed by atoms with Crippen LogP contribution in [-0.2, 0) is 0 Å². The average Bonchev–Trinajstić information content (AvgIpc) is 2.70. The minimum absolute atomic E-state index is 0.604. The van der Waals surface area contributed by atoms with E-state index in [2.05, 4.69) is 26.1 Å². The number of hydrogen-bond donors (Lipinski definition) is 1. The fourth-order valence-electron chi connectivity index (χ4n) is 3.02. The van der Waals surface area contributed by atoms with Crippen LogP contribution in [0.4, 0.5) is 0 Å². The Hall–Kier alpha value is -0.0400. The summed E-state index contributed by atoms with van der Waals surface area (Å²) in [5.41, 5.74) is 0.604. The van der Waals surface area contributed by atoms with Crippen molar-refractivity contribution < 1.29 is 0 Å². The maximum atomic E-state index is 3.84. The molecule has 2 fully saturated rings. The van der Waals surface area contributed by atoms with Crippen LogP contribution in [0.3, 0.4) is 0 Å². The van der Waals surface area contributed by atoms with Gasteiger partial charge < -0.3 is 5.32 Å². The Labute approximate surface area is 88.7 Å². The second-order valence-electron chi connectivity index (χ2n) is 6.16. The third-order valence-electron chi connectivity index (χ3n) is 4.00. The predicted octanol–water partition coefficient (Wildman–Crippen LogP) is 3.34. The molecular formula is C13H25N. The summed E-state index contributed by atoms with van der Waals surface area (Å²) in [5, 5.41) is 3.84. The van der Waals surface area contributed by atoms with Crippen LogP contribution in [0.25, 0.3) is 0 Å². The largest absolute Gasteiger partial charge is 0.311 e. The van der Waals surface area contributed by atoms with Crippen molar-refractivity contribution >= 4 is 0 Å². The van der Waals surface area contributed by atoms with Gasteiger partial charge in [-0.3, -0.25) is 0 Å². The molecule has 82 valence electrons. The Morgan fingerprint density at radius 3 is 2.71 bits per heavy atom. The summed E-state index contributed by atoms with van der Waals surface area (Å²) in [6.07, 6.45) is 8.46. The maximum Gasteiger partial charge on any atom is 0.0102 e. The van der Waals surface area contributed by atoms with E-state index in [-0.39, 0.29) is 0 Å². The molecule has 3 unspecified atom stereocenters. The van der Waals surface area contributed by atoms with Gasteiger partial charge in [0.15, 0.2) is 0 Å². The van der Waals surface area contributed by atoms with E-state index in [1.54, 1.807) is 0 Å². The van der Waals surface area contributed by atoms with Crippen LogP contribution >= 0.6 is 0 Å². The molecular weight excluding hydrogens is 170 g/mol. The molecule has 0 spiro atoms. The number of rotatable bonds is 4. The smallest absolute Gasteiger partial charge is 0.0102 e. The highest BCUT2D eigenvalue weighted by Crippen LogP contribution is 2.40. The van der Waals surface area contributed by atoms with Gasteiger partial charge in [0.1, 0.15) is 0 Å². The minimum atomic E-state index is 0.604. The lowest BCUT2D eigenvalue weighted by Gasteiger charge is -2.17. The van der Waals surface area contributed by atoms with E-state index < -0.39 is 0 Å². The first kappa shape index (κ1) is 10.5. The third-order valence-corrected chi connectivity index (χ3v) is 4.00. The maximum absolute atomic E-state index is 3.84. The molecule has 0 radical (unpaired) electrons. The first-order valence-corrected chi connectivity index (χ1v) is 6.37. The molecule has 1 heteroatoms. The van der Waals surface area contributed by atoms with Crippen molar-refractivity contribution in [1.82, 2.24) is 5.32 Å². The molecule has 14 heavy (non-hydrogen) atoms. The molecule has 0 aromatic rings. The van der Waals surface area contributed by atoms with Crippen molar-refractivity contribution in [1.29, 1.82) is 0 Å². The van der Waals surface area contributed by atoms with Gasteiger partial charge in [-0.25, -0.2) is 0 Å². The fourth-order valence-corrected chi connectivity index (χ4v) is 3.02.